The summed E-state index contributed by atoms with van der Waals surface area (Å²) < 4.78 is 5.97. The molecule has 1 atom stereocenters. The second-order valence-corrected chi connectivity index (χ2v) is 4.92. The highest BCUT2D eigenvalue weighted by molar-refractivity contribution is 5.73. The van der Waals surface area contributed by atoms with Crippen molar-refractivity contribution in [2.24, 2.45) is 0 Å². The molecule has 1 aliphatic heterocycles. The van der Waals surface area contributed by atoms with Crippen molar-refractivity contribution in [1.29, 1.82) is 0 Å². The molecule has 4 nitrogen and oxygen atoms in total. The molecule has 104 valence electrons. The largest absolute Gasteiger partial charge is 0.393 e. The first-order chi connectivity index (χ1) is 9.20. The molecule has 4 heteroatoms. The summed E-state index contributed by atoms with van der Waals surface area (Å²) in [5.41, 5.74) is 0.999. The average Bonchev–Trinajstić information content (AvgIpc) is 2.46. The normalized spacial score (nSPS) is 18.3. The Bertz CT molecular complexity index is 399. The second kappa shape index (κ2) is 6.68. The number of carbonyl (C=O) groups excluding carboxylic acids is 1. The average molecular weight is 263 g/mol. The van der Waals surface area contributed by atoms with E-state index in [1.54, 1.807) is 6.92 Å². The van der Waals surface area contributed by atoms with E-state index in [0.717, 1.165) is 31.5 Å². The van der Waals surface area contributed by atoms with Gasteiger partial charge in [0.15, 0.2) is 0 Å². The van der Waals surface area contributed by atoms with E-state index in [2.05, 4.69) is 0 Å². The Balaban J connectivity index is 1.89. The third-order valence-electron chi connectivity index (χ3n) is 3.58. The third-order valence-corrected chi connectivity index (χ3v) is 3.58. The number of nitrogens with zero attached hydrogens (tertiary/aromatic N) is 1. The van der Waals surface area contributed by atoms with Gasteiger partial charge in [-0.1, -0.05) is 30.3 Å². The number of hydrogen-bond donors (Lipinski definition) is 1. The van der Waals surface area contributed by atoms with E-state index in [0.29, 0.717) is 0 Å². The highest BCUT2D eigenvalue weighted by Crippen LogP contribution is 2.23. The molecule has 0 saturated carbocycles. The topological polar surface area (TPSA) is 49.8 Å². The summed E-state index contributed by atoms with van der Waals surface area (Å²) in [5, 5.41) is 9.46. The van der Waals surface area contributed by atoms with Gasteiger partial charge in [-0.25, -0.2) is 0 Å². The van der Waals surface area contributed by atoms with Crippen molar-refractivity contribution in [2.45, 2.75) is 32.0 Å². The van der Waals surface area contributed by atoms with Crippen molar-refractivity contribution < 1.29 is 14.6 Å². The number of ether oxygens (including phenoxy) is 1. The van der Waals surface area contributed by atoms with E-state index < -0.39 is 0 Å². The van der Waals surface area contributed by atoms with E-state index in [4.69, 9.17) is 4.74 Å². The summed E-state index contributed by atoms with van der Waals surface area (Å²) in [6.45, 7) is 3.07. The fourth-order valence-electron chi connectivity index (χ4n) is 2.43. The van der Waals surface area contributed by atoms with Gasteiger partial charge in [-0.15, -0.1) is 0 Å². The van der Waals surface area contributed by atoms with Crippen molar-refractivity contribution in [2.75, 3.05) is 19.7 Å². The second-order valence-electron chi connectivity index (χ2n) is 4.92. The fraction of sp³-hybridized carbons (Fsp3) is 0.533. The van der Waals surface area contributed by atoms with Crippen LogP contribution in [0.15, 0.2) is 30.3 Å². The number of aliphatic hydroxyl groups is 1. The Hall–Kier alpha value is -1.39. The summed E-state index contributed by atoms with van der Waals surface area (Å²) in [6, 6.07) is 9.76. The van der Waals surface area contributed by atoms with Gasteiger partial charge in [-0.05, 0) is 18.4 Å². The van der Waals surface area contributed by atoms with Crippen LogP contribution >= 0.6 is 0 Å². The van der Waals surface area contributed by atoms with Gasteiger partial charge in [0.2, 0.25) is 5.91 Å². The van der Waals surface area contributed by atoms with Crippen LogP contribution in [0.4, 0.5) is 0 Å². The summed E-state index contributed by atoms with van der Waals surface area (Å²) in [6.07, 6.45) is 1.52. The molecule has 1 unspecified atom stereocenters. The molecule has 1 heterocycles. The van der Waals surface area contributed by atoms with Gasteiger partial charge in [0.25, 0.3) is 0 Å². The molecule has 0 aliphatic carbocycles. The van der Waals surface area contributed by atoms with Crippen LogP contribution in [0.2, 0.25) is 0 Å². The van der Waals surface area contributed by atoms with E-state index in [-0.39, 0.29) is 24.7 Å². The Labute approximate surface area is 114 Å². The minimum Gasteiger partial charge on any atom is -0.393 e. The maximum atomic E-state index is 11.3. The van der Waals surface area contributed by atoms with Gasteiger partial charge in [0.1, 0.15) is 6.10 Å². The Morgan fingerprint density at radius 1 is 1.37 bits per heavy atom. The smallest absolute Gasteiger partial charge is 0.219 e. The molecule has 1 aromatic rings. The molecule has 19 heavy (non-hydrogen) atoms. The Kier molecular flexibility index (Phi) is 4.93. The quantitative estimate of drug-likeness (QED) is 0.900. The molecule has 1 aliphatic rings. The molecule has 1 aromatic carbocycles. The van der Waals surface area contributed by atoms with E-state index >= 15 is 0 Å². The summed E-state index contributed by atoms with van der Waals surface area (Å²) in [4.78, 5) is 13.1. The number of rotatable bonds is 4. The molecule has 1 saturated heterocycles. The number of likely N-dealkylation sites (tertiary alicyclic amines) is 1. The van der Waals surface area contributed by atoms with Crippen molar-refractivity contribution >= 4 is 5.91 Å². The van der Waals surface area contributed by atoms with Gasteiger partial charge in [0, 0.05) is 20.0 Å². The van der Waals surface area contributed by atoms with Gasteiger partial charge >= 0.3 is 0 Å². The molecule has 0 bridgehead atoms. The predicted octanol–water partition coefficient (Wildman–Crippen LogP) is 1.75. The first kappa shape index (κ1) is 14.0. The molecule has 1 amide bonds. The highest BCUT2D eigenvalue weighted by Gasteiger charge is 2.24. The van der Waals surface area contributed by atoms with E-state index in [1.165, 1.54) is 0 Å². The van der Waals surface area contributed by atoms with Crippen LogP contribution in [-0.4, -0.2) is 41.7 Å². The van der Waals surface area contributed by atoms with Crippen LogP contribution in [0.3, 0.4) is 0 Å². The van der Waals surface area contributed by atoms with Gasteiger partial charge in [0.05, 0.1) is 12.7 Å². The first-order valence-electron chi connectivity index (χ1n) is 6.77. The minimum absolute atomic E-state index is 0.0169. The molecule has 0 spiro atoms. The van der Waals surface area contributed by atoms with Crippen molar-refractivity contribution in [3.8, 4) is 0 Å². The van der Waals surface area contributed by atoms with Crippen LogP contribution < -0.4 is 0 Å². The number of benzene rings is 1. The maximum Gasteiger partial charge on any atom is 0.219 e. The number of amides is 1. The zero-order valence-electron chi connectivity index (χ0n) is 11.3. The monoisotopic (exact) mass is 263 g/mol. The fourth-order valence-corrected chi connectivity index (χ4v) is 2.43. The van der Waals surface area contributed by atoms with Crippen LogP contribution in [0, 0.1) is 0 Å². The molecule has 1 N–H and O–H groups in total. The standard InChI is InChI=1S/C15H21NO3/c1-12(18)16-9-7-14(8-10-16)19-15(11-17)13-5-3-2-4-6-13/h2-6,14-15,17H,7-11H2,1H3. The molecule has 1 fully saturated rings. The summed E-state index contributed by atoms with van der Waals surface area (Å²) in [5.74, 6) is 0.125. The van der Waals surface area contributed by atoms with Gasteiger partial charge in [-0.2, -0.15) is 0 Å². The SMILES string of the molecule is CC(=O)N1CCC(OC(CO)c2ccccc2)CC1. The van der Waals surface area contributed by atoms with E-state index in [9.17, 15) is 9.90 Å². The number of aliphatic hydroxyl groups excluding tert-OH is 1. The summed E-state index contributed by atoms with van der Waals surface area (Å²) in [7, 11) is 0. The molecular weight excluding hydrogens is 242 g/mol. The Morgan fingerprint density at radius 3 is 2.53 bits per heavy atom. The van der Waals surface area contributed by atoms with Crippen molar-refractivity contribution in [3.05, 3.63) is 35.9 Å². The van der Waals surface area contributed by atoms with E-state index in [1.807, 2.05) is 35.2 Å². The van der Waals surface area contributed by atoms with Crippen LogP contribution in [-0.2, 0) is 9.53 Å². The molecule has 2 rings (SSSR count). The lowest BCUT2D eigenvalue weighted by molar-refractivity contribution is -0.133. The molecule has 0 aromatic heterocycles. The highest BCUT2D eigenvalue weighted by atomic mass is 16.5. The Morgan fingerprint density at radius 2 is 2.00 bits per heavy atom. The zero-order chi connectivity index (χ0) is 13.7. The lowest BCUT2D eigenvalue weighted by Crippen LogP contribution is -2.40. The number of piperidine rings is 1. The predicted molar refractivity (Wildman–Crippen MR) is 72.6 cm³/mol. The molecule has 0 radical (unpaired) electrons. The third kappa shape index (κ3) is 3.78. The van der Waals surface area contributed by atoms with Gasteiger partial charge < -0.3 is 14.7 Å². The lowest BCUT2D eigenvalue weighted by atomic mass is 10.1. The zero-order valence-corrected chi connectivity index (χ0v) is 11.3. The molecular formula is C15H21NO3. The lowest BCUT2D eigenvalue weighted by Gasteiger charge is -2.33. The van der Waals surface area contributed by atoms with Crippen LogP contribution in [0.5, 0.6) is 0 Å². The van der Waals surface area contributed by atoms with Gasteiger partial charge in [-0.3, -0.25) is 4.79 Å². The first-order valence-corrected chi connectivity index (χ1v) is 6.77. The maximum absolute atomic E-state index is 11.3. The van der Waals surface area contributed by atoms with Crippen LogP contribution in [0.1, 0.15) is 31.4 Å². The summed E-state index contributed by atoms with van der Waals surface area (Å²) >= 11 is 0. The minimum atomic E-state index is -0.268. The van der Waals surface area contributed by atoms with Crippen LogP contribution in [0.25, 0.3) is 0 Å². The van der Waals surface area contributed by atoms with Crippen molar-refractivity contribution in [1.82, 2.24) is 4.90 Å². The number of carbonyl (C=O) groups is 1. The number of hydrogen-bond acceptors (Lipinski definition) is 3. The van der Waals surface area contributed by atoms with Crippen molar-refractivity contribution in [3.63, 3.8) is 0 Å².